The lowest BCUT2D eigenvalue weighted by atomic mass is 10.1. The highest BCUT2D eigenvalue weighted by Crippen LogP contribution is 2.20. The molecule has 1 heterocycles. The minimum absolute atomic E-state index is 0.0552. The van der Waals surface area contributed by atoms with Crippen molar-refractivity contribution in [2.24, 2.45) is 17.5 Å². The standard InChI is InChI=1S/C12H24N4O3/c1-8(2)5-16(7-11(13)17)6-9-3-4-10(19-9)12(18)15-14/h8-10H,3-7,14H2,1-2H3,(H2,13,17)(H,15,18). The van der Waals surface area contributed by atoms with Gasteiger partial charge in [-0.2, -0.15) is 0 Å². The second-order valence-corrected chi connectivity index (χ2v) is 5.39. The number of hydrogen-bond donors (Lipinski definition) is 3. The van der Waals surface area contributed by atoms with Gasteiger partial charge in [-0.3, -0.25) is 19.9 Å². The number of hydrogen-bond acceptors (Lipinski definition) is 5. The fraction of sp³-hybridized carbons (Fsp3) is 0.833. The molecule has 0 aromatic heterocycles. The van der Waals surface area contributed by atoms with Crippen LogP contribution in [0.2, 0.25) is 0 Å². The van der Waals surface area contributed by atoms with Crippen LogP contribution in [0, 0.1) is 5.92 Å². The Kier molecular flexibility index (Phi) is 6.20. The van der Waals surface area contributed by atoms with Crippen LogP contribution in [0.4, 0.5) is 0 Å². The number of carbonyl (C=O) groups excluding carboxylic acids is 2. The third kappa shape index (κ3) is 5.54. The zero-order chi connectivity index (χ0) is 14.4. The summed E-state index contributed by atoms with van der Waals surface area (Å²) in [5.41, 5.74) is 7.33. The summed E-state index contributed by atoms with van der Waals surface area (Å²) in [6.45, 7) is 5.75. The number of ether oxygens (including phenoxy) is 1. The van der Waals surface area contributed by atoms with E-state index < -0.39 is 6.10 Å². The van der Waals surface area contributed by atoms with Crippen molar-refractivity contribution in [1.82, 2.24) is 10.3 Å². The molecule has 1 aliphatic rings. The molecule has 0 radical (unpaired) electrons. The topological polar surface area (TPSA) is 111 Å². The molecule has 1 fully saturated rings. The molecule has 110 valence electrons. The van der Waals surface area contributed by atoms with Gasteiger partial charge in [0.1, 0.15) is 6.10 Å². The Hall–Kier alpha value is -1.18. The molecule has 7 nitrogen and oxygen atoms in total. The molecule has 1 rings (SSSR count). The van der Waals surface area contributed by atoms with Gasteiger partial charge in [0.15, 0.2) is 0 Å². The van der Waals surface area contributed by atoms with Crippen LogP contribution in [0.25, 0.3) is 0 Å². The van der Waals surface area contributed by atoms with E-state index >= 15 is 0 Å². The molecule has 1 saturated heterocycles. The van der Waals surface area contributed by atoms with Gasteiger partial charge in [0.25, 0.3) is 5.91 Å². The Bertz CT molecular complexity index is 322. The molecule has 0 bridgehead atoms. The summed E-state index contributed by atoms with van der Waals surface area (Å²) in [6.07, 6.45) is 0.899. The van der Waals surface area contributed by atoms with E-state index in [4.69, 9.17) is 16.3 Å². The highest BCUT2D eigenvalue weighted by Gasteiger charge is 2.31. The van der Waals surface area contributed by atoms with E-state index in [0.29, 0.717) is 18.9 Å². The maximum Gasteiger partial charge on any atom is 0.263 e. The summed E-state index contributed by atoms with van der Waals surface area (Å²) < 4.78 is 5.62. The second kappa shape index (κ2) is 7.42. The van der Waals surface area contributed by atoms with Crippen LogP contribution in [0.3, 0.4) is 0 Å². The Morgan fingerprint density at radius 2 is 2.11 bits per heavy atom. The van der Waals surface area contributed by atoms with E-state index in [2.05, 4.69) is 19.3 Å². The predicted molar refractivity (Wildman–Crippen MR) is 70.7 cm³/mol. The lowest BCUT2D eigenvalue weighted by Gasteiger charge is -2.25. The number of nitrogens with one attached hydrogen (secondary N) is 1. The lowest BCUT2D eigenvalue weighted by Crippen LogP contribution is -2.42. The normalized spacial score (nSPS) is 23.0. The molecule has 0 aromatic carbocycles. The second-order valence-electron chi connectivity index (χ2n) is 5.39. The maximum atomic E-state index is 11.4. The number of nitrogens with zero attached hydrogens (tertiary/aromatic N) is 1. The van der Waals surface area contributed by atoms with E-state index in [1.807, 2.05) is 4.90 Å². The number of hydrazine groups is 1. The lowest BCUT2D eigenvalue weighted by molar-refractivity contribution is -0.133. The molecule has 2 atom stereocenters. The number of primary amides is 1. The van der Waals surface area contributed by atoms with Crippen molar-refractivity contribution in [3.8, 4) is 0 Å². The number of rotatable bonds is 7. The highest BCUT2D eigenvalue weighted by molar-refractivity contribution is 5.80. The van der Waals surface area contributed by atoms with Crippen molar-refractivity contribution in [2.45, 2.75) is 38.9 Å². The van der Waals surface area contributed by atoms with Crippen LogP contribution in [0.5, 0.6) is 0 Å². The zero-order valence-electron chi connectivity index (χ0n) is 11.6. The molecule has 0 aromatic rings. The van der Waals surface area contributed by atoms with Gasteiger partial charge in [-0.15, -0.1) is 0 Å². The zero-order valence-corrected chi connectivity index (χ0v) is 11.6. The van der Waals surface area contributed by atoms with Crippen LogP contribution < -0.4 is 17.0 Å². The van der Waals surface area contributed by atoms with Gasteiger partial charge in [0, 0.05) is 13.1 Å². The van der Waals surface area contributed by atoms with E-state index in [1.165, 1.54) is 0 Å². The molecular formula is C12H24N4O3. The third-order valence-electron chi connectivity index (χ3n) is 3.01. The SMILES string of the molecule is CC(C)CN(CC(N)=O)CC1CCC(C(=O)NN)O1. The molecule has 2 unspecified atom stereocenters. The van der Waals surface area contributed by atoms with Crippen LogP contribution in [-0.2, 0) is 14.3 Å². The molecule has 2 amide bonds. The van der Waals surface area contributed by atoms with E-state index in [-0.39, 0.29) is 24.5 Å². The Labute approximate surface area is 113 Å². The number of nitrogens with two attached hydrogens (primary N) is 2. The molecule has 0 spiro atoms. The van der Waals surface area contributed by atoms with Gasteiger partial charge >= 0.3 is 0 Å². The van der Waals surface area contributed by atoms with E-state index in [0.717, 1.165) is 13.0 Å². The number of amides is 2. The van der Waals surface area contributed by atoms with Gasteiger partial charge in [0.2, 0.25) is 5.91 Å². The van der Waals surface area contributed by atoms with E-state index in [9.17, 15) is 9.59 Å². The first kappa shape index (κ1) is 15.9. The fourth-order valence-electron chi connectivity index (χ4n) is 2.35. The van der Waals surface area contributed by atoms with Crippen molar-refractivity contribution in [2.75, 3.05) is 19.6 Å². The van der Waals surface area contributed by atoms with Crippen LogP contribution >= 0.6 is 0 Å². The Morgan fingerprint density at radius 1 is 1.42 bits per heavy atom. The first-order valence-electron chi connectivity index (χ1n) is 6.59. The van der Waals surface area contributed by atoms with Crippen LogP contribution in [0.1, 0.15) is 26.7 Å². The Balaban J connectivity index is 2.46. The monoisotopic (exact) mass is 272 g/mol. The fourth-order valence-corrected chi connectivity index (χ4v) is 2.35. The van der Waals surface area contributed by atoms with Crippen molar-refractivity contribution >= 4 is 11.8 Å². The summed E-state index contributed by atoms with van der Waals surface area (Å²) in [7, 11) is 0. The number of carbonyl (C=O) groups is 2. The quantitative estimate of drug-likeness (QED) is 0.312. The minimum atomic E-state index is -0.482. The van der Waals surface area contributed by atoms with Gasteiger partial charge in [-0.25, -0.2) is 5.84 Å². The predicted octanol–water partition coefficient (Wildman–Crippen LogP) is -1.03. The average Bonchev–Trinajstić information content (AvgIpc) is 2.74. The minimum Gasteiger partial charge on any atom is -0.369 e. The summed E-state index contributed by atoms with van der Waals surface area (Å²) in [5, 5.41) is 0. The van der Waals surface area contributed by atoms with Gasteiger partial charge in [-0.05, 0) is 18.8 Å². The largest absolute Gasteiger partial charge is 0.369 e. The summed E-state index contributed by atoms with van der Waals surface area (Å²) >= 11 is 0. The summed E-state index contributed by atoms with van der Waals surface area (Å²) in [5.74, 6) is 4.86. The van der Waals surface area contributed by atoms with Gasteiger partial charge in [0.05, 0.1) is 12.6 Å². The molecular weight excluding hydrogens is 248 g/mol. The molecule has 5 N–H and O–H groups in total. The van der Waals surface area contributed by atoms with Crippen molar-refractivity contribution in [3.05, 3.63) is 0 Å². The first-order valence-corrected chi connectivity index (χ1v) is 6.59. The van der Waals surface area contributed by atoms with Crippen molar-refractivity contribution in [1.29, 1.82) is 0 Å². The summed E-state index contributed by atoms with van der Waals surface area (Å²) in [6, 6.07) is 0. The summed E-state index contributed by atoms with van der Waals surface area (Å²) in [4.78, 5) is 24.4. The molecule has 0 saturated carbocycles. The van der Waals surface area contributed by atoms with Crippen molar-refractivity contribution in [3.63, 3.8) is 0 Å². The molecule has 1 aliphatic heterocycles. The molecule has 0 aliphatic carbocycles. The Morgan fingerprint density at radius 3 is 2.63 bits per heavy atom. The first-order chi connectivity index (χ1) is 8.92. The van der Waals surface area contributed by atoms with E-state index in [1.54, 1.807) is 0 Å². The average molecular weight is 272 g/mol. The van der Waals surface area contributed by atoms with Gasteiger partial charge < -0.3 is 10.5 Å². The molecule has 19 heavy (non-hydrogen) atoms. The van der Waals surface area contributed by atoms with Crippen LogP contribution in [-0.4, -0.2) is 48.6 Å². The van der Waals surface area contributed by atoms with Crippen molar-refractivity contribution < 1.29 is 14.3 Å². The third-order valence-corrected chi connectivity index (χ3v) is 3.01. The van der Waals surface area contributed by atoms with Gasteiger partial charge in [-0.1, -0.05) is 13.8 Å². The van der Waals surface area contributed by atoms with Crippen LogP contribution in [0.15, 0.2) is 0 Å². The maximum absolute atomic E-state index is 11.4. The highest BCUT2D eigenvalue weighted by atomic mass is 16.5. The smallest absolute Gasteiger partial charge is 0.263 e. The molecule has 7 heteroatoms.